The molecule has 1 N–H and O–H groups in total. The molecule has 196 valence electrons. The second kappa shape index (κ2) is 11.3. The second-order valence-electron chi connectivity index (χ2n) is 6.97. The van der Waals surface area contributed by atoms with E-state index in [1.54, 1.807) is 0 Å². The molecular formula is C22H17F9N2O2S. The minimum absolute atomic E-state index is 0.000244. The number of hydrogen-bond acceptors (Lipinski definition) is 4. The summed E-state index contributed by atoms with van der Waals surface area (Å²) in [5.74, 6) is -0.766. The van der Waals surface area contributed by atoms with E-state index in [4.69, 9.17) is 4.74 Å². The maximum absolute atomic E-state index is 13.6. The molecule has 14 heteroatoms. The van der Waals surface area contributed by atoms with Crippen molar-refractivity contribution in [1.29, 1.82) is 0 Å². The SMILES string of the molecule is CN=C(/C=C/c1ccc(OCc2ccc(C(F)(F)F)cc2C(F)(F)F)c(C(F)(F)F)c1)NC(=O)SC. The monoisotopic (exact) mass is 544 g/mol. The maximum atomic E-state index is 13.6. The third-order valence-electron chi connectivity index (χ3n) is 4.52. The van der Waals surface area contributed by atoms with E-state index in [1.807, 2.05) is 0 Å². The van der Waals surface area contributed by atoms with E-state index >= 15 is 0 Å². The summed E-state index contributed by atoms with van der Waals surface area (Å²) in [7, 11) is 1.34. The first-order chi connectivity index (χ1) is 16.6. The molecule has 2 rings (SSSR count). The number of thioether (sulfide) groups is 1. The maximum Gasteiger partial charge on any atom is 0.419 e. The average Bonchev–Trinajstić information content (AvgIpc) is 2.78. The Morgan fingerprint density at radius 3 is 2.11 bits per heavy atom. The topological polar surface area (TPSA) is 50.7 Å². The lowest BCUT2D eigenvalue weighted by Gasteiger charge is -2.18. The number of amides is 1. The van der Waals surface area contributed by atoms with Crippen molar-refractivity contribution in [2.24, 2.45) is 4.99 Å². The molecule has 2 aromatic rings. The lowest BCUT2D eigenvalue weighted by atomic mass is 10.0. The minimum Gasteiger partial charge on any atom is -0.488 e. The van der Waals surface area contributed by atoms with E-state index in [-0.39, 0.29) is 17.5 Å². The lowest BCUT2D eigenvalue weighted by Crippen LogP contribution is -2.24. The van der Waals surface area contributed by atoms with Gasteiger partial charge in [0.25, 0.3) is 5.24 Å². The highest BCUT2D eigenvalue weighted by atomic mass is 32.2. The van der Waals surface area contributed by atoms with Gasteiger partial charge in [0.2, 0.25) is 0 Å². The van der Waals surface area contributed by atoms with E-state index < -0.39 is 58.4 Å². The third kappa shape index (κ3) is 7.93. The minimum atomic E-state index is -5.20. The van der Waals surface area contributed by atoms with Crippen LogP contribution in [0.5, 0.6) is 5.75 Å². The zero-order valence-corrected chi connectivity index (χ0v) is 19.2. The molecule has 0 atom stereocenters. The summed E-state index contributed by atoms with van der Waals surface area (Å²) in [6.07, 6.45) is -11.3. The zero-order chi connectivity index (χ0) is 27.3. The van der Waals surface area contributed by atoms with Crippen molar-refractivity contribution >= 4 is 28.9 Å². The Kier molecular flexibility index (Phi) is 9.10. The largest absolute Gasteiger partial charge is 0.488 e. The Hall–Kier alpha value is -3.16. The summed E-state index contributed by atoms with van der Waals surface area (Å²) < 4.78 is 124. The first-order valence-electron chi connectivity index (χ1n) is 9.67. The number of amidine groups is 1. The van der Waals surface area contributed by atoms with Gasteiger partial charge in [-0.25, -0.2) is 0 Å². The number of nitrogens with one attached hydrogen (secondary N) is 1. The first-order valence-corrected chi connectivity index (χ1v) is 10.9. The van der Waals surface area contributed by atoms with Crippen LogP contribution in [0.2, 0.25) is 0 Å². The molecule has 0 aliphatic rings. The quantitative estimate of drug-likeness (QED) is 0.242. The van der Waals surface area contributed by atoms with E-state index in [1.165, 1.54) is 31.5 Å². The van der Waals surface area contributed by atoms with Crippen molar-refractivity contribution in [3.8, 4) is 5.75 Å². The highest BCUT2D eigenvalue weighted by Crippen LogP contribution is 2.40. The van der Waals surface area contributed by atoms with Crippen LogP contribution in [0.4, 0.5) is 44.3 Å². The van der Waals surface area contributed by atoms with E-state index in [2.05, 4.69) is 10.3 Å². The van der Waals surface area contributed by atoms with Gasteiger partial charge in [0, 0.05) is 12.6 Å². The molecule has 2 aromatic carbocycles. The van der Waals surface area contributed by atoms with Crippen molar-refractivity contribution in [3.05, 3.63) is 70.3 Å². The van der Waals surface area contributed by atoms with Crippen LogP contribution in [-0.2, 0) is 25.1 Å². The Bertz CT molecular complexity index is 1150. The standard InChI is InChI=1S/C22H17F9N2O2S/c1-32-18(33-19(34)36-2)8-4-12-3-7-17(16(9-12)22(29,30)31)35-11-13-5-6-14(20(23,24)25)10-15(13)21(26,27)28/h3-10H,11H2,1-2H3,(H,32,33,34)/b8-4+. The normalized spacial score (nSPS) is 13.2. The number of aliphatic imine (C=N–C) groups is 1. The molecule has 36 heavy (non-hydrogen) atoms. The summed E-state index contributed by atoms with van der Waals surface area (Å²) in [6, 6.07) is 3.46. The van der Waals surface area contributed by atoms with Gasteiger partial charge in [0.15, 0.2) is 0 Å². The number of rotatable bonds is 5. The molecular weight excluding hydrogens is 527 g/mol. The van der Waals surface area contributed by atoms with Crippen LogP contribution in [0.1, 0.15) is 27.8 Å². The van der Waals surface area contributed by atoms with Crippen molar-refractivity contribution in [1.82, 2.24) is 5.32 Å². The number of hydrogen-bond donors (Lipinski definition) is 1. The molecule has 0 aromatic heterocycles. The Morgan fingerprint density at radius 1 is 0.944 bits per heavy atom. The zero-order valence-electron chi connectivity index (χ0n) is 18.4. The Balaban J connectivity index is 2.36. The van der Waals surface area contributed by atoms with Crippen molar-refractivity contribution in [3.63, 3.8) is 0 Å². The molecule has 4 nitrogen and oxygen atoms in total. The van der Waals surface area contributed by atoms with Crippen molar-refractivity contribution in [2.75, 3.05) is 13.3 Å². The molecule has 0 aliphatic heterocycles. The molecule has 1 amide bonds. The number of nitrogens with zero attached hydrogens (tertiary/aromatic N) is 1. The van der Waals surface area contributed by atoms with Gasteiger partial charge in [-0.1, -0.05) is 30.0 Å². The molecule has 0 fully saturated rings. The molecule has 0 radical (unpaired) electrons. The van der Waals surface area contributed by atoms with Gasteiger partial charge in [-0.05, 0) is 42.2 Å². The fourth-order valence-electron chi connectivity index (χ4n) is 2.80. The number of ether oxygens (including phenoxy) is 1. The second-order valence-corrected chi connectivity index (χ2v) is 7.75. The van der Waals surface area contributed by atoms with Crippen LogP contribution in [-0.4, -0.2) is 24.4 Å². The van der Waals surface area contributed by atoms with Crippen LogP contribution in [0.25, 0.3) is 6.08 Å². The molecule has 0 saturated carbocycles. The van der Waals surface area contributed by atoms with Crippen LogP contribution in [0.3, 0.4) is 0 Å². The van der Waals surface area contributed by atoms with Gasteiger partial charge < -0.3 is 10.1 Å². The summed E-state index contributed by atoms with van der Waals surface area (Å²) in [4.78, 5) is 15.2. The fourth-order valence-corrected chi connectivity index (χ4v) is 3.01. The number of carbonyl (C=O) groups excluding carboxylic acids is 1. The molecule has 0 saturated heterocycles. The Labute approximate surface area is 203 Å². The fraction of sp³-hybridized carbons (Fsp3) is 0.273. The summed E-state index contributed by atoms with van der Waals surface area (Å²) >= 11 is 0.850. The highest BCUT2D eigenvalue weighted by molar-refractivity contribution is 8.13. The lowest BCUT2D eigenvalue weighted by molar-refractivity contribution is -0.144. The van der Waals surface area contributed by atoms with Gasteiger partial charge in [-0.2, -0.15) is 39.5 Å². The smallest absolute Gasteiger partial charge is 0.419 e. The predicted octanol–water partition coefficient (Wildman–Crippen LogP) is 7.44. The number of benzene rings is 2. The third-order valence-corrected chi connectivity index (χ3v) is 5.00. The van der Waals surface area contributed by atoms with Crippen LogP contribution < -0.4 is 10.1 Å². The van der Waals surface area contributed by atoms with Gasteiger partial charge >= 0.3 is 18.5 Å². The van der Waals surface area contributed by atoms with Gasteiger partial charge in [-0.15, -0.1) is 0 Å². The number of carbonyl (C=O) groups is 1. The van der Waals surface area contributed by atoms with Crippen molar-refractivity contribution in [2.45, 2.75) is 25.1 Å². The predicted molar refractivity (Wildman–Crippen MR) is 117 cm³/mol. The summed E-state index contributed by atoms with van der Waals surface area (Å²) in [6.45, 7) is -1.07. The van der Waals surface area contributed by atoms with Crippen molar-refractivity contribution < 1.29 is 49.0 Å². The van der Waals surface area contributed by atoms with Crippen LogP contribution in [0.15, 0.2) is 47.5 Å². The summed E-state index contributed by atoms with van der Waals surface area (Å²) in [5, 5.41) is 1.93. The van der Waals surface area contributed by atoms with Gasteiger partial charge in [0.05, 0.1) is 16.7 Å². The highest BCUT2D eigenvalue weighted by Gasteiger charge is 2.39. The average molecular weight is 544 g/mol. The molecule has 0 spiro atoms. The van der Waals surface area contributed by atoms with Crippen LogP contribution in [0, 0.1) is 0 Å². The molecule has 0 aliphatic carbocycles. The van der Waals surface area contributed by atoms with E-state index in [0.29, 0.717) is 18.2 Å². The summed E-state index contributed by atoms with van der Waals surface area (Å²) in [5.41, 5.74) is -5.34. The molecule has 0 bridgehead atoms. The van der Waals surface area contributed by atoms with Crippen LogP contribution >= 0.6 is 11.8 Å². The first kappa shape index (κ1) is 29.1. The van der Waals surface area contributed by atoms with Gasteiger partial charge in [-0.3, -0.25) is 9.79 Å². The molecule has 0 heterocycles. The molecule has 0 unspecified atom stereocenters. The van der Waals surface area contributed by atoms with Gasteiger partial charge in [0.1, 0.15) is 18.2 Å². The van der Waals surface area contributed by atoms with E-state index in [0.717, 1.165) is 17.8 Å². The number of alkyl halides is 9. The Morgan fingerprint density at radius 2 is 1.58 bits per heavy atom. The van der Waals surface area contributed by atoms with E-state index in [9.17, 15) is 44.3 Å². The number of halogens is 9.